The van der Waals surface area contributed by atoms with E-state index in [1.165, 1.54) is 11.3 Å². The second kappa shape index (κ2) is 5.62. The zero-order valence-corrected chi connectivity index (χ0v) is 11.9. The van der Waals surface area contributed by atoms with E-state index in [0.717, 1.165) is 25.3 Å². The van der Waals surface area contributed by atoms with Gasteiger partial charge in [0.25, 0.3) is 0 Å². The summed E-state index contributed by atoms with van der Waals surface area (Å²) in [5.41, 5.74) is 2.15. The first kappa shape index (κ1) is 12.5. The highest BCUT2D eigenvalue weighted by Crippen LogP contribution is 2.25. The molecule has 0 aliphatic carbocycles. The lowest BCUT2D eigenvalue weighted by Crippen LogP contribution is -1.95. The maximum atomic E-state index is 5.32. The SMILES string of the molecule is C=C(C)CSc1nn(-c2ccccc2)c(=S)s1. The number of benzene rings is 1. The molecule has 0 unspecified atom stereocenters. The minimum absolute atomic E-state index is 0.778. The molecule has 0 aliphatic heterocycles. The van der Waals surface area contributed by atoms with Crippen molar-refractivity contribution in [3.8, 4) is 5.69 Å². The van der Waals surface area contributed by atoms with Gasteiger partial charge in [0.2, 0.25) is 0 Å². The molecule has 0 atom stereocenters. The molecule has 0 bridgehead atoms. The summed E-state index contributed by atoms with van der Waals surface area (Å²) < 4.78 is 3.57. The van der Waals surface area contributed by atoms with Gasteiger partial charge in [-0.2, -0.15) is 0 Å². The van der Waals surface area contributed by atoms with Crippen molar-refractivity contribution in [2.75, 3.05) is 5.75 Å². The standard InChI is InChI=1S/C12H12N2S3/c1-9(2)8-16-11-13-14(12(15)17-11)10-6-4-3-5-7-10/h3-7H,1,8H2,2H3. The van der Waals surface area contributed by atoms with E-state index in [1.54, 1.807) is 16.4 Å². The Morgan fingerprint density at radius 1 is 1.47 bits per heavy atom. The van der Waals surface area contributed by atoms with Crippen LogP contribution in [0.1, 0.15) is 6.92 Å². The van der Waals surface area contributed by atoms with Crippen LogP contribution >= 0.6 is 35.3 Å². The molecule has 88 valence electrons. The lowest BCUT2D eigenvalue weighted by molar-refractivity contribution is 0.829. The Hall–Kier alpha value is -0.910. The van der Waals surface area contributed by atoms with E-state index in [0.29, 0.717) is 0 Å². The van der Waals surface area contributed by atoms with Crippen LogP contribution in [-0.2, 0) is 0 Å². The minimum Gasteiger partial charge on any atom is -0.211 e. The third kappa shape index (κ3) is 3.28. The van der Waals surface area contributed by atoms with Gasteiger partial charge in [0.1, 0.15) is 0 Å². The number of aromatic nitrogens is 2. The van der Waals surface area contributed by atoms with Crippen molar-refractivity contribution in [1.82, 2.24) is 9.78 Å². The Balaban J connectivity index is 2.26. The zero-order valence-electron chi connectivity index (χ0n) is 9.42. The van der Waals surface area contributed by atoms with Gasteiger partial charge in [-0.1, -0.05) is 53.4 Å². The van der Waals surface area contributed by atoms with E-state index in [9.17, 15) is 0 Å². The molecule has 0 fully saturated rings. The predicted molar refractivity (Wildman–Crippen MR) is 77.8 cm³/mol. The molecular formula is C12H12N2S3. The predicted octanol–water partition coefficient (Wildman–Crippen LogP) is 4.33. The maximum absolute atomic E-state index is 5.32. The molecule has 5 heteroatoms. The Morgan fingerprint density at radius 2 is 2.18 bits per heavy atom. The summed E-state index contributed by atoms with van der Waals surface area (Å²) in [5.74, 6) is 0.886. The lowest BCUT2D eigenvalue weighted by atomic mass is 10.3. The van der Waals surface area contributed by atoms with Gasteiger partial charge in [-0.3, -0.25) is 0 Å². The van der Waals surface area contributed by atoms with E-state index >= 15 is 0 Å². The van der Waals surface area contributed by atoms with Crippen LogP contribution in [0.3, 0.4) is 0 Å². The van der Waals surface area contributed by atoms with Gasteiger partial charge in [-0.15, -0.1) is 5.10 Å². The van der Waals surface area contributed by atoms with Gasteiger partial charge >= 0.3 is 0 Å². The minimum atomic E-state index is 0.778. The summed E-state index contributed by atoms with van der Waals surface area (Å²) in [5, 5.41) is 4.50. The normalized spacial score (nSPS) is 10.4. The summed E-state index contributed by atoms with van der Waals surface area (Å²) >= 11 is 8.54. The van der Waals surface area contributed by atoms with E-state index in [4.69, 9.17) is 12.2 Å². The number of rotatable bonds is 4. The number of para-hydroxylation sites is 1. The van der Waals surface area contributed by atoms with Gasteiger partial charge < -0.3 is 0 Å². The Kier molecular flexibility index (Phi) is 4.15. The van der Waals surface area contributed by atoms with Crippen LogP contribution in [-0.4, -0.2) is 15.5 Å². The number of hydrogen-bond donors (Lipinski definition) is 0. The first-order valence-corrected chi connectivity index (χ1v) is 7.30. The average molecular weight is 280 g/mol. The van der Waals surface area contributed by atoms with E-state index in [-0.39, 0.29) is 0 Å². The summed E-state index contributed by atoms with van der Waals surface area (Å²) in [7, 11) is 0. The van der Waals surface area contributed by atoms with Crippen molar-refractivity contribution in [2.45, 2.75) is 11.3 Å². The van der Waals surface area contributed by atoms with Crippen LogP contribution in [0.5, 0.6) is 0 Å². The molecule has 0 radical (unpaired) electrons. The lowest BCUT2D eigenvalue weighted by Gasteiger charge is -1.99. The Bertz CT molecular complexity index is 569. The van der Waals surface area contributed by atoms with Crippen LogP contribution < -0.4 is 0 Å². The van der Waals surface area contributed by atoms with Crippen LogP contribution in [0, 0.1) is 3.95 Å². The molecule has 1 aromatic heterocycles. The van der Waals surface area contributed by atoms with E-state index in [1.807, 2.05) is 37.3 Å². The second-order valence-corrected chi connectivity index (χ2v) is 6.47. The molecule has 2 nitrogen and oxygen atoms in total. The van der Waals surface area contributed by atoms with Crippen molar-refractivity contribution < 1.29 is 0 Å². The molecule has 0 aliphatic rings. The molecule has 2 rings (SSSR count). The molecule has 1 heterocycles. The summed E-state index contributed by atoms with van der Waals surface area (Å²) in [6.45, 7) is 5.90. The van der Waals surface area contributed by atoms with Gasteiger partial charge in [-0.25, -0.2) is 4.68 Å². The van der Waals surface area contributed by atoms with Crippen molar-refractivity contribution in [3.05, 3.63) is 46.4 Å². The van der Waals surface area contributed by atoms with Crippen molar-refractivity contribution in [3.63, 3.8) is 0 Å². The molecule has 0 saturated heterocycles. The molecule has 17 heavy (non-hydrogen) atoms. The topological polar surface area (TPSA) is 17.8 Å². The Labute approximate surface area is 114 Å². The summed E-state index contributed by atoms with van der Waals surface area (Å²) in [6.07, 6.45) is 0. The fraction of sp³-hybridized carbons (Fsp3) is 0.167. The van der Waals surface area contributed by atoms with E-state index < -0.39 is 0 Å². The smallest absolute Gasteiger partial charge is 0.184 e. The third-order valence-corrected chi connectivity index (χ3v) is 4.57. The zero-order chi connectivity index (χ0) is 12.3. The molecular weight excluding hydrogens is 268 g/mol. The second-order valence-electron chi connectivity index (χ2n) is 3.63. The van der Waals surface area contributed by atoms with E-state index in [2.05, 4.69) is 11.7 Å². The molecule has 1 aromatic carbocycles. The fourth-order valence-corrected chi connectivity index (χ4v) is 3.44. The fourth-order valence-electron chi connectivity index (χ4n) is 1.24. The third-order valence-electron chi connectivity index (χ3n) is 1.97. The molecule has 0 spiro atoms. The highest BCUT2D eigenvalue weighted by Gasteiger charge is 2.05. The molecule has 0 N–H and O–H groups in total. The van der Waals surface area contributed by atoms with Crippen molar-refractivity contribution in [2.24, 2.45) is 0 Å². The Morgan fingerprint density at radius 3 is 2.82 bits per heavy atom. The molecule has 2 aromatic rings. The highest BCUT2D eigenvalue weighted by molar-refractivity contribution is 8.01. The molecule has 0 amide bonds. The van der Waals surface area contributed by atoms with Gasteiger partial charge in [0.05, 0.1) is 5.69 Å². The van der Waals surface area contributed by atoms with Gasteiger partial charge in [-0.05, 0) is 31.3 Å². The maximum Gasteiger partial charge on any atom is 0.184 e. The van der Waals surface area contributed by atoms with Crippen LogP contribution in [0.15, 0.2) is 46.8 Å². The number of hydrogen-bond acceptors (Lipinski definition) is 4. The largest absolute Gasteiger partial charge is 0.211 e. The van der Waals surface area contributed by atoms with Gasteiger partial charge in [0.15, 0.2) is 8.29 Å². The van der Waals surface area contributed by atoms with Crippen LogP contribution in [0.25, 0.3) is 5.69 Å². The van der Waals surface area contributed by atoms with Crippen LogP contribution in [0.4, 0.5) is 0 Å². The molecule has 0 saturated carbocycles. The number of nitrogens with zero attached hydrogens (tertiary/aromatic N) is 2. The van der Waals surface area contributed by atoms with Crippen molar-refractivity contribution in [1.29, 1.82) is 0 Å². The number of thioether (sulfide) groups is 1. The quantitative estimate of drug-likeness (QED) is 0.471. The summed E-state index contributed by atoms with van der Waals surface area (Å²) in [6, 6.07) is 9.95. The van der Waals surface area contributed by atoms with Crippen LogP contribution in [0.2, 0.25) is 0 Å². The van der Waals surface area contributed by atoms with Gasteiger partial charge in [0, 0.05) is 5.75 Å². The first-order valence-electron chi connectivity index (χ1n) is 5.09. The summed E-state index contributed by atoms with van der Waals surface area (Å²) in [4.78, 5) is 0. The monoisotopic (exact) mass is 280 g/mol. The average Bonchev–Trinajstić information content (AvgIpc) is 2.69. The van der Waals surface area contributed by atoms with Crippen molar-refractivity contribution >= 4 is 35.3 Å². The first-order chi connectivity index (χ1) is 8.16. The highest BCUT2D eigenvalue weighted by atomic mass is 32.2.